The Morgan fingerprint density at radius 3 is 3.00 bits per heavy atom. The summed E-state index contributed by atoms with van der Waals surface area (Å²) >= 11 is 12.3. The van der Waals surface area contributed by atoms with Crippen LogP contribution in [0.15, 0.2) is 8.42 Å². The highest BCUT2D eigenvalue weighted by Gasteiger charge is 2.22. The summed E-state index contributed by atoms with van der Waals surface area (Å²) in [5.41, 5.74) is 0.322. The van der Waals surface area contributed by atoms with Gasteiger partial charge in [-0.2, -0.15) is 0 Å². The molecule has 13 heavy (non-hydrogen) atoms. The van der Waals surface area contributed by atoms with Gasteiger partial charge < -0.3 is 4.74 Å². The summed E-state index contributed by atoms with van der Waals surface area (Å²) in [5.74, 6) is 1.05. The van der Waals surface area contributed by atoms with Crippen LogP contribution in [0.5, 0.6) is 0 Å². The van der Waals surface area contributed by atoms with E-state index in [4.69, 9.17) is 17.0 Å². The standard InChI is InChI=1S/C7H8OS5/c1-2-8-4-3-10-5-6(11-4)13-7(9)12-5/h4H,2-3H2,1H3. The van der Waals surface area contributed by atoms with Crippen molar-refractivity contribution in [3.05, 3.63) is 3.14 Å². The molecule has 1 atom stereocenters. The molecule has 72 valence electrons. The zero-order valence-electron chi connectivity index (χ0n) is 6.94. The predicted molar refractivity (Wildman–Crippen MR) is 65.0 cm³/mol. The van der Waals surface area contributed by atoms with E-state index >= 15 is 0 Å². The molecule has 0 bridgehead atoms. The Morgan fingerprint density at radius 1 is 1.46 bits per heavy atom. The summed E-state index contributed by atoms with van der Waals surface area (Å²) in [5, 5.41) is 0. The van der Waals surface area contributed by atoms with Gasteiger partial charge in [0, 0.05) is 12.4 Å². The maximum absolute atomic E-state index is 5.57. The molecule has 0 aliphatic carbocycles. The molecule has 0 aromatic carbocycles. The average Bonchev–Trinajstić information content (AvgIpc) is 2.44. The first-order valence-corrected chi connectivity index (χ1v) is 7.75. The summed E-state index contributed by atoms with van der Waals surface area (Å²) in [4.78, 5) is 0. The van der Waals surface area contributed by atoms with E-state index in [0.717, 1.165) is 15.5 Å². The van der Waals surface area contributed by atoms with E-state index in [0.29, 0.717) is 5.44 Å². The van der Waals surface area contributed by atoms with Crippen molar-refractivity contribution in [3.8, 4) is 0 Å². The maximum atomic E-state index is 5.57. The minimum absolute atomic E-state index is 0.322. The summed E-state index contributed by atoms with van der Waals surface area (Å²) in [6.07, 6.45) is 0. The number of thioether (sulfide) groups is 2. The predicted octanol–water partition coefficient (Wildman–Crippen LogP) is 4.10. The lowest BCUT2D eigenvalue weighted by atomic mass is 10.8. The zero-order chi connectivity index (χ0) is 9.26. The average molecular weight is 268 g/mol. The topological polar surface area (TPSA) is 9.23 Å². The van der Waals surface area contributed by atoms with Crippen LogP contribution in [0.2, 0.25) is 0 Å². The van der Waals surface area contributed by atoms with E-state index in [9.17, 15) is 0 Å². The summed E-state index contributed by atoms with van der Waals surface area (Å²) in [7, 11) is 0. The molecule has 0 fully saturated rings. The number of ether oxygens (including phenoxy) is 1. The quantitative estimate of drug-likeness (QED) is 0.746. The van der Waals surface area contributed by atoms with Crippen molar-refractivity contribution in [2.75, 3.05) is 12.4 Å². The third-order valence-electron chi connectivity index (χ3n) is 1.46. The monoisotopic (exact) mass is 268 g/mol. The molecule has 1 aliphatic rings. The lowest BCUT2D eigenvalue weighted by Crippen LogP contribution is -2.13. The molecule has 0 amide bonds. The summed E-state index contributed by atoms with van der Waals surface area (Å²) in [6.45, 7) is 2.83. The molecule has 1 unspecified atom stereocenters. The Morgan fingerprint density at radius 2 is 2.23 bits per heavy atom. The lowest BCUT2D eigenvalue weighted by molar-refractivity contribution is 0.140. The molecule has 1 aromatic heterocycles. The molecule has 1 aliphatic heterocycles. The molecule has 0 spiro atoms. The lowest BCUT2D eigenvalue weighted by Gasteiger charge is -2.19. The largest absolute Gasteiger partial charge is 0.367 e. The van der Waals surface area contributed by atoms with Crippen LogP contribution < -0.4 is 0 Å². The van der Waals surface area contributed by atoms with Crippen molar-refractivity contribution in [2.24, 2.45) is 0 Å². The maximum Gasteiger partial charge on any atom is 0.145 e. The van der Waals surface area contributed by atoms with Crippen LogP contribution in [0.1, 0.15) is 6.92 Å². The van der Waals surface area contributed by atoms with E-state index in [2.05, 4.69) is 0 Å². The third kappa shape index (κ3) is 2.49. The van der Waals surface area contributed by atoms with Gasteiger partial charge in [0.1, 0.15) is 8.57 Å². The summed E-state index contributed by atoms with van der Waals surface area (Å²) in [6, 6.07) is 0. The van der Waals surface area contributed by atoms with Gasteiger partial charge in [-0.15, -0.1) is 34.4 Å². The first-order valence-electron chi connectivity index (χ1n) is 3.84. The van der Waals surface area contributed by atoms with Crippen LogP contribution in [0.4, 0.5) is 0 Å². The summed E-state index contributed by atoms with van der Waals surface area (Å²) < 4.78 is 9.33. The van der Waals surface area contributed by atoms with Crippen molar-refractivity contribution in [3.63, 3.8) is 0 Å². The highest BCUT2D eigenvalue weighted by Crippen LogP contribution is 2.47. The third-order valence-corrected chi connectivity index (χ3v) is 7.36. The van der Waals surface area contributed by atoms with Crippen LogP contribution in [-0.4, -0.2) is 17.8 Å². The Hall–Kier alpha value is 0.930. The van der Waals surface area contributed by atoms with E-state index < -0.39 is 0 Å². The number of hydrogen-bond donors (Lipinski definition) is 0. The van der Waals surface area contributed by atoms with Crippen molar-refractivity contribution < 1.29 is 4.74 Å². The highest BCUT2D eigenvalue weighted by atomic mass is 32.2. The second-order valence-electron chi connectivity index (χ2n) is 2.34. The molecule has 2 rings (SSSR count). The second-order valence-corrected chi connectivity index (χ2v) is 8.28. The number of rotatable bonds is 2. The molecular weight excluding hydrogens is 260 g/mol. The van der Waals surface area contributed by atoms with Gasteiger partial charge in [0.2, 0.25) is 0 Å². The molecule has 0 saturated heterocycles. The fourth-order valence-corrected chi connectivity index (χ4v) is 7.36. The van der Waals surface area contributed by atoms with Crippen LogP contribution in [0.3, 0.4) is 0 Å². The van der Waals surface area contributed by atoms with Crippen molar-refractivity contribution in [1.29, 1.82) is 0 Å². The number of hydrogen-bond acceptors (Lipinski definition) is 6. The van der Waals surface area contributed by atoms with Gasteiger partial charge in [0.15, 0.2) is 0 Å². The van der Waals surface area contributed by atoms with Crippen LogP contribution in [0.25, 0.3) is 0 Å². The Labute approximate surface area is 98.9 Å². The SMILES string of the molecule is CCOC1CSc2sc(=S)sc2S1. The van der Waals surface area contributed by atoms with Gasteiger partial charge in [0.25, 0.3) is 0 Å². The minimum Gasteiger partial charge on any atom is -0.367 e. The van der Waals surface area contributed by atoms with Crippen LogP contribution in [-0.2, 0) is 4.74 Å². The minimum atomic E-state index is 0.322. The van der Waals surface area contributed by atoms with E-state index in [1.165, 1.54) is 8.42 Å². The molecule has 1 nitrogen and oxygen atoms in total. The van der Waals surface area contributed by atoms with Gasteiger partial charge in [-0.3, -0.25) is 0 Å². The molecule has 0 N–H and O–H groups in total. The molecule has 0 radical (unpaired) electrons. The van der Waals surface area contributed by atoms with Crippen molar-refractivity contribution in [2.45, 2.75) is 20.8 Å². The molecule has 1 aromatic rings. The molecule has 2 heterocycles. The Kier molecular flexibility index (Phi) is 3.72. The zero-order valence-corrected chi connectivity index (χ0v) is 11.0. The fraction of sp³-hybridized carbons (Fsp3) is 0.571. The van der Waals surface area contributed by atoms with Gasteiger partial charge in [-0.05, 0) is 6.92 Å². The molecular formula is C7H8OS5. The van der Waals surface area contributed by atoms with Crippen LogP contribution in [0, 0.1) is 3.14 Å². The van der Waals surface area contributed by atoms with Crippen LogP contribution >= 0.6 is 58.4 Å². The molecule has 6 heteroatoms. The smallest absolute Gasteiger partial charge is 0.145 e. The Balaban J connectivity index is 2.14. The first-order chi connectivity index (χ1) is 6.29. The normalized spacial score (nSPS) is 21.5. The first kappa shape index (κ1) is 10.4. The highest BCUT2D eigenvalue weighted by molar-refractivity contribution is 8.08. The van der Waals surface area contributed by atoms with Gasteiger partial charge in [-0.1, -0.05) is 24.0 Å². The van der Waals surface area contributed by atoms with E-state index in [1.807, 2.05) is 30.4 Å². The van der Waals surface area contributed by atoms with Gasteiger partial charge in [0.05, 0.1) is 8.42 Å². The Bertz CT molecular complexity index is 341. The van der Waals surface area contributed by atoms with Crippen molar-refractivity contribution in [1.82, 2.24) is 0 Å². The van der Waals surface area contributed by atoms with Crippen molar-refractivity contribution >= 4 is 58.4 Å². The number of fused-ring (bicyclic) bond motifs is 1. The van der Waals surface area contributed by atoms with Gasteiger partial charge in [-0.25, -0.2) is 0 Å². The van der Waals surface area contributed by atoms with E-state index in [-0.39, 0.29) is 0 Å². The molecule has 0 saturated carbocycles. The van der Waals surface area contributed by atoms with E-state index in [1.54, 1.807) is 22.7 Å². The fourth-order valence-electron chi connectivity index (χ4n) is 0.981. The second kappa shape index (κ2) is 4.63. The van der Waals surface area contributed by atoms with Gasteiger partial charge >= 0.3 is 0 Å².